The smallest absolute Gasteiger partial charge is 0.191 e. The Kier molecular flexibility index (Phi) is 9.66. The Hall–Kier alpha value is -1.71. The molecule has 0 spiro atoms. The summed E-state index contributed by atoms with van der Waals surface area (Å²) in [6, 6.07) is 15.2. The molecule has 2 aromatic carbocycles. The third-order valence-corrected chi connectivity index (χ3v) is 4.57. The maximum absolute atomic E-state index is 13.2. The molecule has 0 bridgehead atoms. The van der Waals surface area contributed by atoms with Gasteiger partial charge in [-0.2, -0.15) is 0 Å². The summed E-state index contributed by atoms with van der Waals surface area (Å²) in [4.78, 5) is 6.63. The Balaban J connectivity index is 0.00000280. The lowest BCUT2D eigenvalue weighted by Crippen LogP contribution is -2.36. The summed E-state index contributed by atoms with van der Waals surface area (Å²) < 4.78 is 18.6. The van der Waals surface area contributed by atoms with Gasteiger partial charge in [0.05, 0.1) is 13.2 Å². The van der Waals surface area contributed by atoms with E-state index in [1.165, 1.54) is 23.3 Å². The van der Waals surface area contributed by atoms with Gasteiger partial charge in [0.1, 0.15) is 5.82 Å². The van der Waals surface area contributed by atoms with Crippen LogP contribution in [0, 0.1) is 5.82 Å². The van der Waals surface area contributed by atoms with Crippen LogP contribution in [0.15, 0.2) is 53.5 Å². The minimum atomic E-state index is -0.227. The van der Waals surface area contributed by atoms with Crippen LogP contribution < -0.4 is 10.6 Å². The second-order valence-electron chi connectivity index (χ2n) is 6.61. The number of nitrogens with zero attached hydrogens (tertiary/aromatic N) is 2. The Morgan fingerprint density at radius 3 is 2.29 bits per heavy atom. The molecule has 28 heavy (non-hydrogen) atoms. The number of hydrogen-bond donors (Lipinski definition) is 2. The molecule has 0 aromatic heterocycles. The van der Waals surface area contributed by atoms with E-state index < -0.39 is 0 Å². The van der Waals surface area contributed by atoms with Gasteiger partial charge in [0.15, 0.2) is 5.96 Å². The summed E-state index contributed by atoms with van der Waals surface area (Å²) in [7, 11) is 1.73. The molecule has 7 heteroatoms. The highest BCUT2D eigenvalue weighted by Crippen LogP contribution is 2.09. The predicted octanol–water partition coefficient (Wildman–Crippen LogP) is 3.14. The van der Waals surface area contributed by atoms with Gasteiger partial charge >= 0.3 is 0 Å². The first-order chi connectivity index (χ1) is 13.2. The van der Waals surface area contributed by atoms with Crippen molar-refractivity contribution < 1.29 is 9.13 Å². The van der Waals surface area contributed by atoms with E-state index in [1.54, 1.807) is 13.1 Å². The largest absolute Gasteiger partial charge is 0.379 e. The molecular formula is C21H28FIN4O. The Bertz CT molecular complexity index is 748. The normalized spacial score (nSPS) is 15.0. The molecule has 1 aliphatic heterocycles. The van der Waals surface area contributed by atoms with E-state index >= 15 is 0 Å². The average molecular weight is 498 g/mol. The van der Waals surface area contributed by atoms with Gasteiger partial charge in [-0.3, -0.25) is 9.89 Å². The molecule has 0 atom stereocenters. The number of hydrogen-bond acceptors (Lipinski definition) is 3. The number of benzene rings is 2. The van der Waals surface area contributed by atoms with E-state index in [4.69, 9.17) is 4.74 Å². The van der Waals surface area contributed by atoms with Crippen molar-refractivity contribution in [1.29, 1.82) is 0 Å². The van der Waals surface area contributed by atoms with E-state index in [9.17, 15) is 4.39 Å². The quantitative estimate of drug-likeness (QED) is 0.365. The van der Waals surface area contributed by atoms with Gasteiger partial charge in [-0.15, -0.1) is 24.0 Å². The van der Waals surface area contributed by atoms with Gasteiger partial charge < -0.3 is 15.4 Å². The number of halogens is 2. The topological polar surface area (TPSA) is 48.9 Å². The lowest BCUT2D eigenvalue weighted by atomic mass is 10.1. The molecule has 0 radical (unpaired) electrons. The van der Waals surface area contributed by atoms with Crippen LogP contribution in [0.1, 0.15) is 16.7 Å². The predicted molar refractivity (Wildman–Crippen MR) is 121 cm³/mol. The van der Waals surface area contributed by atoms with E-state index in [0.29, 0.717) is 19.0 Å². The van der Waals surface area contributed by atoms with Crippen molar-refractivity contribution in [2.24, 2.45) is 4.99 Å². The third-order valence-electron chi connectivity index (χ3n) is 4.57. The Labute approximate surface area is 183 Å². The van der Waals surface area contributed by atoms with Crippen molar-refractivity contribution in [1.82, 2.24) is 15.5 Å². The summed E-state index contributed by atoms with van der Waals surface area (Å²) in [6.07, 6.45) is 0. The summed E-state index contributed by atoms with van der Waals surface area (Å²) in [6.45, 7) is 5.81. The number of guanidine groups is 1. The summed E-state index contributed by atoms with van der Waals surface area (Å²) in [5.74, 6) is 0.464. The summed E-state index contributed by atoms with van der Waals surface area (Å²) in [5, 5.41) is 6.49. The first kappa shape index (κ1) is 22.6. The molecule has 3 rings (SSSR count). The molecule has 2 aromatic rings. The molecule has 0 amide bonds. The highest BCUT2D eigenvalue weighted by Gasteiger charge is 2.10. The van der Waals surface area contributed by atoms with Gasteiger partial charge in [0.25, 0.3) is 0 Å². The van der Waals surface area contributed by atoms with Crippen molar-refractivity contribution in [2.75, 3.05) is 33.4 Å². The lowest BCUT2D eigenvalue weighted by molar-refractivity contribution is 0.0342. The Morgan fingerprint density at radius 1 is 1.00 bits per heavy atom. The molecule has 1 saturated heterocycles. The van der Waals surface area contributed by atoms with Crippen LogP contribution >= 0.6 is 24.0 Å². The maximum atomic E-state index is 13.2. The minimum absolute atomic E-state index is 0. The van der Waals surface area contributed by atoms with Crippen LogP contribution in [0.4, 0.5) is 4.39 Å². The molecule has 0 unspecified atom stereocenters. The van der Waals surface area contributed by atoms with Gasteiger partial charge in [0, 0.05) is 39.8 Å². The SMILES string of the molecule is CN=C(NCc1ccc(CN2CCOCC2)cc1)NCc1cccc(F)c1.I. The zero-order valence-corrected chi connectivity index (χ0v) is 18.5. The zero-order valence-electron chi connectivity index (χ0n) is 16.2. The third kappa shape index (κ3) is 7.37. The molecule has 0 saturated carbocycles. The van der Waals surface area contributed by atoms with Crippen LogP contribution in [0.5, 0.6) is 0 Å². The number of nitrogens with one attached hydrogen (secondary N) is 2. The monoisotopic (exact) mass is 498 g/mol. The zero-order chi connectivity index (χ0) is 18.9. The molecule has 5 nitrogen and oxygen atoms in total. The average Bonchev–Trinajstić information content (AvgIpc) is 2.70. The van der Waals surface area contributed by atoms with Crippen molar-refractivity contribution in [3.63, 3.8) is 0 Å². The first-order valence-corrected chi connectivity index (χ1v) is 9.30. The fourth-order valence-corrected chi connectivity index (χ4v) is 3.02. The number of morpholine rings is 1. The van der Waals surface area contributed by atoms with Crippen molar-refractivity contribution in [2.45, 2.75) is 19.6 Å². The molecule has 0 aliphatic carbocycles. The van der Waals surface area contributed by atoms with E-state index in [2.05, 4.69) is 44.8 Å². The molecular weight excluding hydrogens is 470 g/mol. The van der Waals surface area contributed by atoms with Crippen LogP contribution in [-0.2, 0) is 24.4 Å². The van der Waals surface area contributed by atoms with Crippen LogP contribution in [0.25, 0.3) is 0 Å². The Morgan fingerprint density at radius 2 is 1.64 bits per heavy atom. The second-order valence-corrected chi connectivity index (χ2v) is 6.61. The minimum Gasteiger partial charge on any atom is -0.379 e. The molecule has 2 N–H and O–H groups in total. The second kappa shape index (κ2) is 12.0. The highest BCUT2D eigenvalue weighted by molar-refractivity contribution is 14.0. The van der Waals surface area contributed by atoms with Crippen molar-refractivity contribution in [3.05, 3.63) is 71.0 Å². The first-order valence-electron chi connectivity index (χ1n) is 9.30. The highest BCUT2D eigenvalue weighted by atomic mass is 127. The van der Waals surface area contributed by atoms with Gasteiger partial charge in [-0.25, -0.2) is 4.39 Å². The maximum Gasteiger partial charge on any atom is 0.191 e. The van der Waals surface area contributed by atoms with Gasteiger partial charge in [-0.05, 0) is 28.8 Å². The van der Waals surface area contributed by atoms with Gasteiger partial charge in [-0.1, -0.05) is 36.4 Å². The number of rotatable bonds is 6. The molecule has 1 heterocycles. The molecule has 152 valence electrons. The summed E-state index contributed by atoms with van der Waals surface area (Å²) in [5.41, 5.74) is 3.38. The van der Waals surface area contributed by atoms with Crippen molar-refractivity contribution in [3.8, 4) is 0 Å². The standard InChI is InChI=1S/C21H27FN4O.HI/c1-23-21(25-15-19-3-2-4-20(22)13-19)24-14-17-5-7-18(8-6-17)16-26-9-11-27-12-10-26;/h2-8,13H,9-12,14-16H2,1H3,(H2,23,24,25);1H. The van der Waals surface area contributed by atoms with Crippen molar-refractivity contribution >= 4 is 29.9 Å². The molecule has 1 fully saturated rings. The fraction of sp³-hybridized carbons (Fsp3) is 0.381. The number of aliphatic imine (C=N–C) groups is 1. The van der Waals surface area contributed by atoms with Crippen LogP contribution in [0.2, 0.25) is 0 Å². The molecule has 1 aliphatic rings. The fourth-order valence-electron chi connectivity index (χ4n) is 3.02. The lowest BCUT2D eigenvalue weighted by Gasteiger charge is -2.26. The number of ether oxygens (including phenoxy) is 1. The van der Waals surface area contributed by atoms with Crippen LogP contribution in [0.3, 0.4) is 0 Å². The van der Waals surface area contributed by atoms with E-state index in [1.807, 2.05) is 6.07 Å². The van der Waals surface area contributed by atoms with E-state index in [-0.39, 0.29) is 29.8 Å². The van der Waals surface area contributed by atoms with Crippen LogP contribution in [-0.4, -0.2) is 44.2 Å². The summed E-state index contributed by atoms with van der Waals surface area (Å²) >= 11 is 0. The van der Waals surface area contributed by atoms with E-state index in [0.717, 1.165) is 38.4 Å². The van der Waals surface area contributed by atoms with Gasteiger partial charge in [0.2, 0.25) is 0 Å².